The van der Waals surface area contributed by atoms with Crippen molar-refractivity contribution in [1.29, 1.82) is 0 Å². The molecule has 0 spiro atoms. The van der Waals surface area contributed by atoms with Crippen molar-refractivity contribution < 1.29 is 9.53 Å². The van der Waals surface area contributed by atoms with Crippen molar-refractivity contribution in [1.82, 2.24) is 5.43 Å². The first-order valence-corrected chi connectivity index (χ1v) is 10.7. The Morgan fingerprint density at radius 3 is 2.77 bits per heavy atom. The number of hydrogen-bond donors (Lipinski definition) is 1. The number of benzene rings is 2. The lowest BCUT2D eigenvalue weighted by Crippen LogP contribution is -2.48. The molecule has 1 aliphatic heterocycles. The van der Waals surface area contributed by atoms with E-state index in [1.807, 2.05) is 19.1 Å². The molecule has 30 heavy (non-hydrogen) atoms. The van der Waals surface area contributed by atoms with Crippen LogP contribution in [0.2, 0.25) is 0 Å². The van der Waals surface area contributed by atoms with Crippen LogP contribution < -0.4 is 15.1 Å². The Kier molecular flexibility index (Phi) is 6.49. The molecule has 5 nitrogen and oxygen atoms in total. The van der Waals surface area contributed by atoms with E-state index in [1.54, 1.807) is 19.4 Å². The first kappa shape index (κ1) is 21.9. The minimum absolute atomic E-state index is 0.152. The molecule has 3 rings (SSSR count). The number of hydrogen-bond acceptors (Lipinski definition) is 4. The molecule has 0 aromatic heterocycles. The summed E-state index contributed by atoms with van der Waals surface area (Å²) in [6.45, 7) is 12.2. The number of methoxy groups -OCH3 is 1. The summed E-state index contributed by atoms with van der Waals surface area (Å²) >= 11 is 0. The highest BCUT2D eigenvalue weighted by atomic mass is 16.5. The smallest absolute Gasteiger partial charge is 0.275 e. The molecule has 1 N–H and O–H groups in total. The van der Waals surface area contributed by atoms with Crippen molar-refractivity contribution in [2.45, 2.75) is 58.9 Å². The van der Waals surface area contributed by atoms with Crippen LogP contribution in [0.3, 0.4) is 0 Å². The summed E-state index contributed by atoms with van der Waals surface area (Å²) in [5, 5.41) is 4.18. The molecule has 0 aliphatic carbocycles. The Morgan fingerprint density at radius 2 is 2.07 bits per heavy atom. The number of amides is 1. The van der Waals surface area contributed by atoms with E-state index in [0.717, 1.165) is 30.5 Å². The number of carbonyl (C=O) groups excluding carboxylic acids is 1. The predicted octanol–water partition coefficient (Wildman–Crippen LogP) is 5.27. The van der Waals surface area contributed by atoms with Crippen molar-refractivity contribution in [3.8, 4) is 5.75 Å². The van der Waals surface area contributed by atoms with E-state index >= 15 is 0 Å². The zero-order valence-electron chi connectivity index (χ0n) is 19.0. The lowest BCUT2D eigenvalue weighted by molar-refractivity contribution is 0.0952. The van der Waals surface area contributed by atoms with Crippen LogP contribution in [0, 0.1) is 6.92 Å². The van der Waals surface area contributed by atoms with Crippen LogP contribution in [-0.4, -0.2) is 31.3 Å². The molecule has 1 atom stereocenters. The van der Waals surface area contributed by atoms with E-state index in [9.17, 15) is 4.79 Å². The first-order chi connectivity index (χ1) is 14.3. The quantitative estimate of drug-likeness (QED) is 0.524. The second-order valence-corrected chi connectivity index (χ2v) is 8.79. The summed E-state index contributed by atoms with van der Waals surface area (Å²) in [5.74, 6) is 0.733. The van der Waals surface area contributed by atoms with E-state index < -0.39 is 0 Å². The SMILES string of the molecule is CCCN1c2ccc(/C=N\NC(=O)c3ccc(C)cc3OC)cc2C(C)CC1(C)C. The van der Waals surface area contributed by atoms with Gasteiger partial charge in [-0.2, -0.15) is 5.10 Å². The fourth-order valence-electron chi connectivity index (χ4n) is 4.45. The van der Waals surface area contributed by atoms with Crippen LogP contribution in [0.5, 0.6) is 5.75 Å². The molecular formula is C25H33N3O2. The van der Waals surface area contributed by atoms with E-state index in [4.69, 9.17) is 4.74 Å². The third-order valence-corrected chi connectivity index (χ3v) is 5.84. The summed E-state index contributed by atoms with van der Waals surface area (Å²) in [7, 11) is 1.56. The molecule has 1 amide bonds. The summed E-state index contributed by atoms with van der Waals surface area (Å²) < 4.78 is 5.32. The van der Waals surface area contributed by atoms with Gasteiger partial charge >= 0.3 is 0 Å². The van der Waals surface area contributed by atoms with Crippen LogP contribution in [0.1, 0.15) is 73.5 Å². The van der Waals surface area contributed by atoms with E-state index in [2.05, 4.69) is 61.3 Å². The monoisotopic (exact) mass is 407 g/mol. The minimum Gasteiger partial charge on any atom is -0.496 e. The average Bonchev–Trinajstić information content (AvgIpc) is 2.70. The van der Waals surface area contributed by atoms with E-state index in [-0.39, 0.29) is 11.4 Å². The molecule has 1 unspecified atom stereocenters. The largest absolute Gasteiger partial charge is 0.496 e. The molecular weight excluding hydrogens is 374 g/mol. The van der Waals surface area contributed by atoms with Crippen molar-refractivity contribution >= 4 is 17.8 Å². The van der Waals surface area contributed by atoms with Gasteiger partial charge in [0.05, 0.1) is 18.9 Å². The first-order valence-electron chi connectivity index (χ1n) is 10.7. The topological polar surface area (TPSA) is 53.9 Å². The van der Waals surface area contributed by atoms with Gasteiger partial charge in [0.2, 0.25) is 0 Å². The molecule has 0 saturated heterocycles. The number of aryl methyl sites for hydroxylation is 1. The maximum Gasteiger partial charge on any atom is 0.275 e. The molecule has 2 aromatic rings. The summed E-state index contributed by atoms with van der Waals surface area (Å²) in [4.78, 5) is 15.0. The minimum atomic E-state index is -0.287. The fourth-order valence-corrected chi connectivity index (χ4v) is 4.45. The van der Waals surface area contributed by atoms with Crippen molar-refractivity contribution in [3.05, 3.63) is 58.7 Å². The molecule has 0 saturated carbocycles. The zero-order valence-corrected chi connectivity index (χ0v) is 19.0. The van der Waals surface area contributed by atoms with Gasteiger partial charge in [-0.3, -0.25) is 4.79 Å². The van der Waals surface area contributed by atoms with Crippen LogP contribution >= 0.6 is 0 Å². The number of hydrazone groups is 1. The highest BCUT2D eigenvalue weighted by Crippen LogP contribution is 2.43. The number of ether oxygens (including phenoxy) is 1. The highest BCUT2D eigenvalue weighted by Gasteiger charge is 2.35. The van der Waals surface area contributed by atoms with Crippen LogP contribution in [0.15, 0.2) is 41.5 Å². The summed E-state index contributed by atoms with van der Waals surface area (Å²) in [5.41, 5.74) is 7.91. The molecule has 1 heterocycles. The van der Waals surface area contributed by atoms with Gasteiger partial charge < -0.3 is 9.64 Å². The lowest BCUT2D eigenvalue weighted by Gasteiger charge is -2.47. The number of fused-ring (bicyclic) bond motifs is 1. The zero-order chi connectivity index (χ0) is 21.9. The number of nitrogens with zero attached hydrogens (tertiary/aromatic N) is 2. The Labute approximate surface area is 180 Å². The molecule has 160 valence electrons. The van der Waals surface area contributed by atoms with Crippen LogP contribution in [0.25, 0.3) is 0 Å². The fraction of sp³-hybridized carbons (Fsp3) is 0.440. The average molecular weight is 408 g/mol. The molecule has 1 aliphatic rings. The van der Waals surface area contributed by atoms with E-state index in [0.29, 0.717) is 17.2 Å². The van der Waals surface area contributed by atoms with Gasteiger partial charge in [-0.15, -0.1) is 0 Å². The van der Waals surface area contributed by atoms with Crippen LogP contribution in [0.4, 0.5) is 5.69 Å². The molecule has 2 aromatic carbocycles. The Bertz CT molecular complexity index is 949. The Balaban J connectivity index is 1.78. The van der Waals surface area contributed by atoms with E-state index in [1.165, 1.54) is 11.3 Å². The Morgan fingerprint density at radius 1 is 1.30 bits per heavy atom. The maximum atomic E-state index is 12.5. The molecule has 0 bridgehead atoms. The van der Waals surface area contributed by atoms with Gasteiger partial charge in [-0.25, -0.2) is 5.43 Å². The lowest BCUT2D eigenvalue weighted by atomic mass is 9.79. The second-order valence-electron chi connectivity index (χ2n) is 8.79. The predicted molar refractivity (Wildman–Crippen MR) is 124 cm³/mol. The number of anilines is 1. The third-order valence-electron chi connectivity index (χ3n) is 5.84. The van der Waals surface area contributed by atoms with Crippen molar-refractivity contribution in [3.63, 3.8) is 0 Å². The van der Waals surface area contributed by atoms with Crippen molar-refractivity contribution in [2.24, 2.45) is 5.10 Å². The van der Waals surface area contributed by atoms with Gasteiger partial charge in [-0.1, -0.05) is 26.0 Å². The molecule has 5 heteroatoms. The maximum absolute atomic E-state index is 12.5. The second kappa shape index (κ2) is 8.90. The number of carbonyl (C=O) groups is 1. The van der Waals surface area contributed by atoms with Crippen LogP contribution in [-0.2, 0) is 0 Å². The number of rotatable bonds is 6. The molecule has 0 fully saturated rings. The van der Waals surface area contributed by atoms with Gasteiger partial charge in [0, 0.05) is 17.8 Å². The summed E-state index contributed by atoms with van der Waals surface area (Å²) in [6, 6.07) is 11.9. The van der Waals surface area contributed by atoms with Gasteiger partial charge in [-0.05, 0) is 80.5 Å². The normalized spacial score (nSPS) is 17.7. The molecule has 0 radical (unpaired) electrons. The van der Waals surface area contributed by atoms with Crippen molar-refractivity contribution in [2.75, 3.05) is 18.6 Å². The van der Waals surface area contributed by atoms with Gasteiger partial charge in [0.25, 0.3) is 5.91 Å². The number of nitrogens with one attached hydrogen (secondary N) is 1. The third kappa shape index (κ3) is 4.50. The Hall–Kier alpha value is -2.82. The summed E-state index contributed by atoms with van der Waals surface area (Å²) in [6.07, 6.45) is 3.94. The standard InChI is InChI=1S/C25H33N3O2/c1-7-12-28-22-11-9-19(14-21(22)18(3)15-25(28,4)5)16-26-27-24(29)20-10-8-17(2)13-23(20)30-6/h8-11,13-14,16,18H,7,12,15H2,1-6H3,(H,27,29)/b26-16-. The van der Waals surface area contributed by atoms with Gasteiger partial charge in [0.1, 0.15) is 5.75 Å². The highest BCUT2D eigenvalue weighted by molar-refractivity contribution is 5.97. The van der Waals surface area contributed by atoms with Gasteiger partial charge in [0.15, 0.2) is 0 Å².